The Balaban J connectivity index is 3.37. The van der Waals surface area contributed by atoms with E-state index in [2.05, 4.69) is 69.1 Å². The van der Waals surface area contributed by atoms with Crippen LogP contribution in [0.15, 0.2) is 0 Å². The Labute approximate surface area is 648 Å². The minimum atomic E-state index is -1.81. The molecule has 11 atom stereocenters. The van der Waals surface area contributed by atoms with Crippen LogP contribution in [0.2, 0.25) is 0 Å². The summed E-state index contributed by atoms with van der Waals surface area (Å²) in [5, 5.41) is 39.8. The van der Waals surface area contributed by atoms with Crippen LogP contribution in [0.25, 0.3) is 0 Å². The highest BCUT2D eigenvalue weighted by molar-refractivity contribution is 7.98. The fraction of sp³-hybridized carbons (Fsp3) is 0.677. The van der Waals surface area contributed by atoms with Gasteiger partial charge in [0.05, 0.1) is 25.7 Å². The molecule has 20 amide bonds. The zero-order valence-corrected chi connectivity index (χ0v) is 64.3. The number of likely N-dealkylation sites (tertiary alicyclic amines) is 1. The molecular weight excluding hydrogens is 1500 g/mol. The van der Waals surface area contributed by atoms with Crippen LogP contribution < -0.4 is 115 Å². The van der Waals surface area contributed by atoms with E-state index in [9.17, 15) is 101 Å². The Morgan fingerprint density at radius 3 is 1.05 bits per heavy atom. The van der Waals surface area contributed by atoms with Gasteiger partial charge in [-0.15, -0.1) is 0 Å². The number of carbonyl (C=O) groups is 21. The summed E-state index contributed by atoms with van der Waals surface area (Å²) < 4.78 is 0. The second kappa shape index (κ2) is 53.4. The van der Waals surface area contributed by atoms with E-state index in [1.54, 1.807) is 26.4 Å². The summed E-state index contributed by atoms with van der Waals surface area (Å²) in [7, 11) is 0. The number of nitrogens with two attached hydrogens (primary N) is 8. The van der Waals surface area contributed by atoms with Gasteiger partial charge < -0.3 is 125 Å². The molecule has 44 nitrogen and oxygen atoms in total. The number of primary amides is 6. The second-order valence-electron chi connectivity index (χ2n) is 26.3. The first kappa shape index (κ1) is 98.5. The molecule has 0 aromatic carbocycles. The summed E-state index contributed by atoms with van der Waals surface area (Å²) in [5.41, 5.74) is 43.8. The summed E-state index contributed by atoms with van der Waals surface area (Å²) in [6.07, 6.45) is -0.934. The standard InChI is InChI=1S/C65H110N22O22S2/c1-33(2)28-43(86-64(108)44-9-7-25-87(44)65(109)34(67)10-16-45(68)88)63(107)80-35(8-5-6-24-66)55(99)75-29-51(94)74-30-52(95)78-36(11-17-46(69)89)58(102)81-38(13-19-48(71)91)60(104)83-40(15-21-50(73)93)62(106)84-41(22-26-110-3)56(100)76-31-53(96)79-37(12-18-47(70)90)59(103)82-39(14-20-49(72)92)61(105)85-42(23-27-111-4)57(101)77-32-54(97)98/h33-44H,5-32,66-67H2,1-4H3,(H2,68,88)(H2,69,89)(H2,70,90)(H2,71,91)(H2,72,92)(H2,73,93)(H,74,94)(H,75,99)(H,76,100)(H,77,101)(H,78,95)(H,79,96)(H,80,107)(H,81,102)(H,82,103)(H,83,104)(H,84,106)(H,85,105)(H,86,108)(H,97,98)/t34-,35-,36-,37-,38-,39-,40-,41-,42-,43-,44-/m0/s1. The van der Waals surface area contributed by atoms with Gasteiger partial charge in [0.1, 0.15) is 67.0 Å². The zero-order valence-electron chi connectivity index (χ0n) is 62.6. The summed E-state index contributed by atoms with van der Waals surface area (Å²) >= 11 is 2.49. The van der Waals surface area contributed by atoms with Gasteiger partial charge in [-0.1, -0.05) is 13.8 Å². The van der Waals surface area contributed by atoms with E-state index < -0.39 is 281 Å². The Kier molecular flexibility index (Phi) is 47.3. The summed E-state index contributed by atoms with van der Waals surface area (Å²) in [6, 6.07) is -16.1. The van der Waals surface area contributed by atoms with Crippen LogP contribution >= 0.6 is 23.5 Å². The number of amides is 20. The van der Waals surface area contributed by atoms with Crippen molar-refractivity contribution in [2.45, 2.75) is 209 Å². The summed E-state index contributed by atoms with van der Waals surface area (Å²) in [5.74, 6) is -20.2. The number of hydrogen-bond donors (Lipinski definition) is 22. The number of hydrogen-bond acceptors (Lipinski definition) is 25. The van der Waals surface area contributed by atoms with Crippen LogP contribution in [0.1, 0.15) is 142 Å². The van der Waals surface area contributed by atoms with Crippen molar-refractivity contribution < 1.29 is 106 Å². The first-order valence-corrected chi connectivity index (χ1v) is 38.5. The number of thioether (sulfide) groups is 2. The third-order valence-corrected chi connectivity index (χ3v) is 17.9. The number of carboxylic acid groups (broad SMARTS) is 1. The van der Waals surface area contributed by atoms with E-state index >= 15 is 0 Å². The van der Waals surface area contributed by atoms with Gasteiger partial charge in [0.25, 0.3) is 0 Å². The Morgan fingerprint density at radius 2 is 0.703 bits per heavy atom. The molecule has 0 unspecified atom stereocenters. The molecule has 111 heavy (non-hydrogen) atoms. The number of rotatable bonds is 58. The average Bonchev–Trinajstić information content (AvgIpc) is 1.72. The zero-order chi connectivity index (χ0) is 84.0. The SMILES string of the molecule is CSCC[C@H](NC(=O)[C@H](CCC(N)=O)NC(=O)[C@H](CCC(N)=O)NC(=O)CNC(=O)[C@H](CCSC)NC(=O)[C@H](CCC(N)=O)NC(=O)[C@H](CCC(N)=O)NC(=O)[C@H](CCC(N)=O)NC(=O)CNC(=O)CNC(=O)[C@H](CCCCN)NC(=O)[C@H](CC(C)C)NC(=O)[C@@H]1CCCN1C(=O)[C@@H](N)CCC(N)=O)C(=O)NCC(=O)O. The van der Waals surface area contributed by atoms with Gasteiger partial charge in [0.15, 0.2) is 0 Å². The quantitative estimate of drug-likeness (QED) is 0.0251. The van der Waals surface area contributed by atoms with Gasteiger partial charge in [0.2, 0.25) is 118 Å². The topological polar surface area (TPSA) is 746 Å². The van der Waals surface area contributed by atoms with Gasteiger partial charge in [0, 0.05) is 45.1 Å². The first-order chi connectivity index (χ1) is 52.2. The highest BCUT2D eigenvalue weighted by Crippen LogP contribution is 2.21. The molecule has 30 N–H and O–H groups in total. The van der Waals surface area contributed by atoms with Crippen LogP contribution in [0.4, 0.5) is 0 Å². The highest BCUT2D eigenvalue weighted by Gasteiger charge is 2.40. The van der Waals surface area contributed by atoms with Crippen molar-refractivity contribution in [3.8, 4) is 0 Å². The lowest BCUT2D eigenvalue weighted by atomic mass is 10.0. The molecule has 1 heterocycles. The number of nitrogens with one attached hydrogen (secondary N) is 13. The summed E-state index contributed by atoms with van der Waals surface area (Å²) in [6.45, 7) is 0.571. The third-order valence-electron chi connectivity index (χ3n) is 16.6. The molecular formula is C65H110N22O22S2. The predicted molar refractivity (Wildman–Crippen MR) is 399 cm³/mol. The average molecular weight is 1620 g/mol. The van der Waals surface area contributed by atoms with E-state index in [0.717, 1.165) is 0 Å². The molecule has 0 spiro atoms. The van der Waals surface area contributed by atoms with Crippen molar-refractivity contribution in [1.29, 1.82) is 0 Å². The number of nitrogens with zero attached hydrogens (tertiary/aromatic N) is 1. The maximum absolute atomic E-state index is 14.2. The normalized spacial score (nSPS) is 15.0. The number of aliphatic carboxylic acids is 1. The Bertz CT molecular complexity index is 3280. The molecule has 1 rings (SSSR count). The third kappa shape index (κ3) is 41.8. The summed E-state index contributed by atoms with van der Waals surface area (Å²) in [4.78, 5) is 275. The van der Waals surface area contributed by atoms with Crippen molar-refractivity contribution in [3.63, 3.8) is 0 Å². The first-order valence-electron chi connectivity index (χ1n) is 35.7. The van der Waals surface area contributed by atoms with E-state index in [1.807, 2.05) is 0 Å². The lowest BCUT2D eigenvalue weighted by Crippen LogP contribution is -2.59. The molecule has 0 radical (unpaired) electrons. The Hall–Kier alpha value is -10.5. The van der Waals surface area contributed by atoms with Crippen molar-refractivity contribution in [2.24, 2.45) is 51.8 Å². The molecule has 1 saturated heterocycles. The van der Waals surface area contributed by atoms with Gasteiger partial charge in [-0.05, 0) is 126 Å². The van der Waals surface area contributed by atoms with Crippen LogP contribution in [0.3, 0.4) is 0 Å². The fourth-order valence-electron chi connectivity index (χ4n) is 10.7. The smallest absolute Gasteiger partial charge is 0.322 e. The van der Waals surface area contributed by atoms with Crippen LogP contribution in [-0.2, 0) is 101 Å². The molecule has 46 heteroatoms. The maximum Gasteiger partial charge on any atom is 0.322 e. The van der Waals surface area contributed by atoms with Crippen LogP contribution in [0.5, 0.6) is 0 Å². The van der Waals surface area contributed by atoms with Crippen molar-refractivity contribution >= 4 is 148 Å². The molecule has 624 valence electrons. The predicted octanol–water partition coefficient (Wildman–Crippen LogP) is -10.5. The minimum Gasteiger partial charge on any atom is -0.480 e. The van der Waals surface area contributed by atoms with E-state index in [4.69, 9.17) is 51.0 Å². The number of carboxylic acids is 1. The lowest BCUT2D eigenvalue weighted by Gasteiger charge is -2.29. The minimum absolute atomic E-state index is 0.00840. The molecule has 1 aliphatic rings. The van der Waals surface area contributed by atoms with E-state index in [-0.39, 0.29) is 69.7 Å². The van der Waals surface area contributed by atoms with Crippen LogP contribution in [-0.4, -0.2) is 264 Å². The van der Waals surface area contributed by atoms with Gasteiger partial charge in [-0.3, -0.25) is 101 Å². The second-order valence-corrected chi connectivity index (χ2v) is 28.3. The molecule has 1 fully saturated rings. The number of carbonyl (C=O) groups excluding carboxylic acids is 20. The molecule has 0 aromatic rings. The van der Waals surface area contributed by atoms with Crippen molar-refractivity contribution in [3.05, 3.63) is 0 Å². The highest BCUT2D eigenvalue weighted by atomic mass is 32.2. The van der Waals surface area contributed by atoms with Gasteiger partial charge in [-0.2, -0.15) is 23.5 Å². The van der Waals surface area contributed by atoms with Crippen molar-refractivity contribution in [1.82, 2.24) is 74.0 Å². The molecule has 1 aliphatic heterocycles. The molecule has 0 aromatic heterocycles. The molecule has 0 aliphatic carbocycles. The maximum atomic E-state index is 14.2. The molecule has 0 bridgehead atoms. The fourth-order valence-corrected chi connectivity index (χ4v) is 11.6. The largest absolute Gasteiger partial charge is 0.480 e. The van der Waals surface area contributed by atoms with Gasteiger partial charge in [-0.25, -0.2) is 0 Å². The Morgan fingerprint density at radius 1 is 0.387 bits per heavy atom. The van der Waals surface area contributed by atoms with Crippen molar-refractivity contribution in [2.75, 3.05) is 63.3 Å². The van der Waals surface area contributed by atoms with Crippen LogP contribution in [0, 0.1) is 5.92 Å². The molecule has 0 saturated carbocycles. The van der Waals surface area contributed by atoms with E-state index in [1.165, 1.54) is 28.4 Å². The number of unbranched alkanes of at least 4 members (excludes halogenated alkanes) is 1. The van der Waals surface area contributed by atoms with Gasteiger partial charge >= 0.3 is 5.97 Å². The van der Waals surface area contributed by atoms with E-state index in [0.29, 0.717) is 25.0 Å². The monoisotopic (exact) mass is 1610 g/mol. The lowest BCUT2D eigenvalue weighted by molar-refractivity contribution is -0.141.